The van der Waals surface area contributed by atoms with Crippen LogP contribution in [-0.2, 0) is 0 Å². The molecular weight excluding hydrogens is 372 g/mol. The molecule has 0 heterocycles. The first kappa shape index (κ1) is 16.6. The summed E-state index contributed by atoms with van der Waals surface area (Å²) in [7, 11) is 0. The van der Waals surface area contributed by atoms with E-state index in [1.54, 1.807) is 0 Å². The molecule has 0 fully saturated rings. The van der Waals surface area contributed by atoms with Crippen LogP contribution >= 0.6 is 11.6 Å². The van der Waals surface area contributed by atoms with Gasteiger partial charge in [-0.3, -0.25) is 0 Å². The summed E-state index contributed by atoms with van der Waals surface area (Å²) in [5.41, 5.74) is 2.39. The smallest absolute Gasteiger partial charge is 0.0406 e. The van der Waals surface area contributed by atoms with Crippen molar-refractivity contribution in [3.8, 4) is 11.1 Å². The molecule has 6 rings (SSSR count). The first-order chi connectivity index (χ1) is 14.3. The highest BCUT2D eigenvalue weighted by molar-refractivity contribution is 6.30. The quantitative estimate of drug-likeness (QED) is 0.247. The lowest BCUT2D eigenvalue weighted by atomic mass is 9.92. The average Bonchev–Trinajstić information content (AvgIpc) is 2.78. The van der Waals surface area contributed by atoms with E-state index in [9.17, 15) is 0 Å². The highest BCUT2D eigenvalue weighted by Crippen LogP contribution is 2.37. The Labute approximate surface area is 174 Å². The van der Waals surface area contributed by atoms with E-state index in [4.69, 9.17) is 11.6 Å². The zero-order valence-electron chi connectivity index (χ0n) is 15.7. The van der Waals surface area contributed by atoms with Crippen LogP contribution in [0, 0.1) is 0 Å². The minimum atomic E-state index is 0.763. The van der Waals surface area contributed by atoms with Crippen molar-refractivity contribution in [2.45, 2.75) is 0 Å². The van der Waals surface area contributed by atoms with Crippen LogP contribution in [-0.4, -0.2) is 0 Å². The first-order valence-corrected chi connectivity index (χ1v) is 10.2. The summed E-state index contributed by atoms with van der Waals surface area (Å²) in [4.78, 5) is 0. The number of hydrogen-bond acceptors (Lipinski definition) is 0. The Morgan fingerprint density at radius 1 is 0.414 bits per heavy atom. The fourth-order valence-electron chi connectivity index (χ4n) is 4.47. The molecule has 0 aliphatic carbocycles. The zero-order valence-corrected chi connectivity index (χ0v) is 16.4. The zero-order chi connectivity index (χ0) is 19.4. The van der Waals surface area contributed by atoms with E-state index < -0.39 is 0 Å². The molecule has 0 aliphatic heterocycles. The Morgan fingerprint density at radius 2 is 0.966 bits per heavy atom. The number of halogens is 1. The van der Waals surface area contributed by atoms with E-state index in [0.717, 1.165) is 5.02 Å². The summed E-state index contributed by atoms with van der Waals surface area (Å²) >= 11 is 6.06. The van der Waals surface area contributed by atoms with Gasteiger partial charge in [0.25, 0.3) is 0 Å². The van der Waals surface area contributed by atoms with Crippen LogP contribution in [0.25, 0.3) is 54.2 Å². The lowest BCUT2D eigenvalue weighted by molar-refractivity contribution is 1.65. The van der Waals surface area contributed by atoms with Gasteiger partial charge in [0.2, 0.25) is 0 Å². The van der Waals surface area contributed by atoms with Gasteiger partial charge in [-0.05, 0) is 72.4 Å². The second-order valence-electron chi connectivity index (χ2n) is 7.56. The Kier molecular flexibility index (Phi) is 3.62. The van der Waals surface area contributed by atoms with Gasteiger partial charge in [-0.25, -0.2) is 0 Å². The molecule has 0 saturated heterocycles. The monoisotopic (exact) mass is 388 g/mol. The molecule has 0 spiro atoms. The maximum absolute atomic E-state index is 6.06. The van der Waals surface area contributed by atoms with Gasteiger partial charge in [-0.2, -0.15) is 0 Å². The first-order valence-electron chi connectivity index (χ1n) is 9.81. The van der Waals surface area contributed by atoms with E-state index in [2.05, 4.69) is 91.0 Å². The fraction of sp³-hybridized carbons (Fsp3) is 0. The van der Waals surface area contributed by atoms with Crippen LogP contribution in [0.5, 0.6) is 0 Å². The third-order valence-corrected chi connectivity index (χ3v) is 6.14. The molecule has 0 amide bonds. The van der Waals surface area contributed by atoms with Crippen molar-refractivity contribution in [1.29, 1.82) is 0 Å². The molecular formula is C28H17Cl. The van der Waals surface area contributed by atoms with Crippen LogP contribution in [0.4, 0.5) is 0 Å². The molecule has 136 valence electrons. The van der Waals surface area contributed by atoms with Crippen molar-refractivity contribution in [1.82, 2.24) is 0 Å². The van der Waals surface area contributed by atoms with Gasteiger partial charge >= 0.3 is 0 Å². The van der Waals surface area contributed by atoms with Crippen LogP contribution < -0.4 is 0 Å². The van der Waals surface area contributed by atoms with Crippen molar-refractivity contribution in [3.63, 3.8) is 0 Å². The van der Waals surface area contributed by atoms with Gasteiger partial charge < -0.3 is 0 Å². The molecule has 0 saturated carbocycles. The van der Waals surface area contributed by atoms with E-state index in [1.165, 1.54) is 54.2 Å². The summed E-state index contributed by atoms with van der Waals surface area (Å²) in [6, 6.07) is 36.9. The normalized spacial score (nSPS) is 11.6. The molecule has 0 bridgehead atoms. The maximum atomic E-state index is 6.06. The van der Waals surface area contributed by atoms with Gasteiger partial charge in [-0.1, -0.05) is 96.5 Å². The molecule has 0 unspecified atom stereocenters. The van der Waals surface area contributed by atoms with Crippen molar-refractivity contribution in [2.24, 2.45) is 0 Å². The largest absolute Gasteiger partial charge is 0.0843 e. The summed E-state index contributed by atoms with van der Waals surface area (Å²) < 4.78 is 0. The predicted molar refractivity (Wildman–Crippen MR) is 127 cm³/mol. The second kappa shape index (κ2) is 6.34. The van der Waals surface area contributed by atoms with Gasteiger partial charge in [0.05, 0.1) is 0 Å². The van der Waals surface area contributed by atoms with E-state index in [1.807, 2.05) is 12.1 Å². The topological polar surface area (TPSA) is 0 Å². The molecule has 0 nitrogen and oxygen atoms in total. The molecule has 1 heteroatoms. The SMILES string of the molecule is Clc1ccc(-c2ccc3c(ccc4ccc5ccc6ccccc6c5c43)c2)cc1. The molecule has 0 aromatic heterocycles. The van der Waals surface area contributed by atoms with Crippen LogP contribution in [0.2, 0.25) is 5.02 Å². The van der Waals surface area contributed by atoms with Gasteiger partial charge in [0.1, 0.15) is 0 Å². The third-order valence-electron chi connectivity index (χ3n) is 5.88. The third kappa shape index (κ3) is 2.61. The summed E-state index contributed by atoms with van der Waals surface area (Å²) in [6.45, 7) is 0. The maximum Gasteiger partial charge on any atom is 0.0406 e. The van der Waals surface area contributed by atoms with Gasteiger partial charge in [0, 0.05) is 5.02 Å². The molecule has 6 aromatic rings. The predicted octanol–water partition coefficient (Wildman–Crippen LogP) is 8.62. The minimum Gasteiger partial charge on any atom is -0.0843 e. The summed E-state index contributed by atoms with van der Waals surface area (Å²) in [6.07, 6.45) is 0. The highest BCUT2D eigenvalue weighted by atomic mass is 35.5. The van der Waals surface area contributed by atoms with E-state index >= 15 is 0 Å². The lowest BCUT2D eigenvalue weighted by Crippen LogP contribution is -1.85. The molecule has 0 atom stereocenters. The number of fused-ring (bicyclic) bond motifs is 7. The number of hydrogen-bond donors (Lipinski definition) is 0. The second-order valence-corrected chi connectivity index (χ2v) is 7.99. The number of benzene rings is 6. The molecule has 0 radical (unpaired) electrons. The Balaban J connectivity index is 1.72. The standard InChI is InChI=1S/C28H17Cl/c29-24-14-11-18(12-15-24)22-13-16-26-23(17-22)10-9-21-8-7-20-6-5-19-3-1-2-4-25(19)27(20)28(21)26/h1-17H. The Bertz CT molecular complexity index is 1540. The molecule has 29 heavy (non-hydrogen) atoms. The summed E-state index contributed by atoms with van der Waals surface area (Å²) in [5.74, 6) is 0. The highest BCUT2D eigenvalue weighted by Gasteiger charge is 2.09. The lowest BCUT2D eigenvalue weighted by Gasteiger charge is -2.12. The fourth-order valence-corrected chi connectivity index (χ4v) is 4.60. The molecule has 0 N–H and O–H groups in total. The van der Waals surface area contributed by atoms with Crippen molar-refractivity contribution >= 4 is 54.7 Å². The van der Waals surface area contributed by atoms with Crippen LogP contribution in [0.15, 0.2) is 103 Å². The number of rotatable bonds is 1. The van der Waals surface area contributed by atoms with Crippen molar-refractivity contribution in [2.75, 3.05) is 0 Å². The molecule has 0 aliphatic rings. The summed E-state index contributed by atoms with van der Waals surface area (Å²) in [5, 5.41) is 11.1. The minimum absolute atomic E-state index is 0.763. The van der Waals surface area contributed by atoms with Gasteiger partial charge in [-0.15, -0.1) is 0 Å². The van der Waals surface area contributed by atoms with E-state index in [0.29, 0.717) is 0 Å². The van der Waals surface area contributed by atoms with E-state index in [-0.39, 0.29) is 0 Å². The van der Waals surface area contributed by atoms with Gasteiger partial charge in [0.15, 0.2) is 0 Å². The van der Waals surface area contributed by atoms with Crippen molar-refractivity contribution in [3.05, 3.63) is 108 Å². The van der Waals surface area contributed by atoms with Crippen LogP contribution in [0.1, 0.15) is 0 Å². The van der Waals surface area contributed by atoms with Crippen LogP contribution in [0.3, 0.4) is 0 Å². The average molecular weight is 389 g/mol. The Morgan fingerprint density at radius 3 is 1.69 bits per heavy atom. The van der Waals surface area contributed by atoms with Crippen molar-refractivity contribution < 1.29 is 0 Å². The Hall–Kier alpha value is -3.35. The molecule has 6 aromatic carbocycles.